The summed E-state index contributed by atoms with van der Waals surface area (Å²) in [4.78, 5) is 38.1. The highest BCUT2D eigenvalue weighted by atomic mass is 19.1. The minimum atomic E-state index is -2.31. The van der Waals surface area contributed by atoms with E-state index in [0.29, 0.717) is 12.8 Å². The minimum absolute atomic E-state index is 0.0518. The molecule has 0 saturated heterocycles. The molecular weight excluding hydrogens is 473 g/mol. The van der Waals surface area contributed by atoms with E-state index in [9.17, 15) is 28.3 Å². The first-order valence-electron chi connectivity index (χ1n) is 13.2. The monoisotopic (exact) mass is 510 g/mol. The number of ether oxygens (including phenoxy) is 1. The summed E-state index contributed by atoms with van der Waals surface area (Å²) in [7, 11) is 0. The van der Waals surface area contributed by atoms with Crippen LogP contribution in [0.5, 0.6) is 0 Å². The van der Waals surface area contributed by atoms with Crippen LogP contribution in [0, 0.1) is 28.6 Å². The number of rotatable bonds is 7. The van der Waals surface area contributed by atoms with E-state index in [-0.39, 0.29) is 31.3 Å². The molecule has 0 spiro atoms. The lowest BCUT2D eigenvalue weighted by atomic mass is 9.44. The van der Waals surface area contributed by atoms with E-state index in [0.717, 1.165) is 18.9 Å². The summed E-state index contributed by atoms with van der Waals surface area (Å²) in [6.45, 7) is 5.58. The predicted molar refractivity (Wildman–Crippen MR) is 127 cm³/mol. The zero-order chi connectivity index (χ0) is 26.7. The lowest BCUT2D eigenvalue weighted by Crippen LogP contribution is -2.70. The van der Waals surface area contributed by atoms with Crippen molar-refractivity contribution in [2.75, 3.05) is 6.67 Å². The highest BCUT2D eigenvalue weighted by Crippen LogP contribution is 2.71. The van der Waals surface area contributed by atoms with Crippen LogP contribution in [0.4, 0.5) is 13.2 Å². The van der Waals surface area contributed by atoms with E-state index >= 15 is 4.39 Å². The van der Waals surface area contributed by atoms with Gasteiger partial charge in [-0.1, -0.05) is 39.7 Å². The highest BCUT2D eigenvalue weighted by Gasteiger charge is 2.77. The molecule has 0 radical (unpaired) electrons. The van der Waals surface area contributed by atoms with Crippen molar-refractivity contribution < 1.29 is 37.4 Å². The van der Waals surface area contributed by atoms with Crippen LogP contribution in [0.2, 0.25) is 0 Å². The number of allylic oxidation sites excluding steroid dienone is 4. The van der Waals surface area contributed by atoms with Crippen LogP contribution >= 0.6 is 0 Å². The standard InChI is InChI=1S/C28H37F3O5/c1-5-6-7-8-23(35)36-28(22(34)15-29)16(2)13-19-17-9-10-18-24(30)20(32)11-12-25(18,3)27(17,31)21(33)14-26(19,28)4/h11-12,16-17,19,21,33H,5-10,13-15H2,1-4H3/t16-,17+,19+,21+,25+,26+,27+,28-/m1/s1. The van der Waals surface area contributed by atoms with Crippen LogP contribution in [0.1, 0.15) is 79.1 Å². The quantitative estimate of drug-likeness (QED) is 0.371. The third kappa shape index (κ3) is 3.35. The van der Waals surface area contributed by atoms with Gasteiger partial charge in [-0.15, -0.1) is 0 Å². The Labute approximate surface area is 210 Å². The highest BCUT2D eigenvalue weighted by molar-refractivity contribution is 6.04. The molecule has 8 heteroatoms. The second-order valence-corrected chi connectivity index (χ2v) is 11.7. The Morgan fingerprint density at radius 3 is 2.56 bits per heavy atom. The normalized spacial score (nSPS) is 43.6. The zero-order valence-corrected chi connectivity index (χ0v) is 21.5. The second-order valence-electron chi connectivity index (χ2n) is 11.7. The molecule has 0 heterocycles. The summed E-state index contributed by atoms with van der Waals surface area (Å²) in [6.07, 6.45) is 3.43. The van der Waals surface area contributed by atoms with Crippen molar-refractivity contribution in [1.82, 2.24) is 0 Å². The van der Waals surface area contributed by atoms with Gasteiger partial charge < -0.3 is 9.84 Å². The molecule has 0 aromatic carbocycles. The third-order valence-corrected chi connectivity index (χ3v) is 10.1. The second kappa shape index (κ2) is 9.10. The number of unbranched alkanes of at least 4 members (excludes halogenated alkanes) is 2. The first kappa shape index (κ1) is 27.1. The maximum Gasteiger partial charge on any atom is 0.306 e. The zero-order valence-electron chi connectivity index (χ0n) is 21.5. The lowest BCUT2D eigenvalue weighted by Gasteiger charge is -2.62. The number of carbonyl (C=O) groups is 3. The molecule has 4 aliphatic rings. The van der Waals surface area contributed by atoms with Gasteiger partial charge in [-0.3, -0.25) is 14.4 Å². The summed E-state index contributed by atoms with van der Waals surface area (Å²) >= 11 is 0. The van der Waals surface area contributed by atoms with Crippen molar-refractivity contribution in [2.24, 2.45) is 28.6 Å². The maximum absolute atomic E-state index is 17.3. The number of hydrogen-bond acceptors (Lipinski definition) is 5. The Balaban J connectivity index is 1.78. The fourth-order valence-corrected chi connectivity index (χ4v) is 8.33. The van der Waals surface area contributed by atoms with E-state index in [1.807, 2.05) is 6.92 Å². The number of Topliss-reactive ketones (excluding diaryl/α,β-unsaturated/α-hetero) is 1. The molecule has 0 bridgehead atoms. The first-order chi connectivity index (χ1) is 16.8. The number of aliphatic hydroxyl groups is 1. The Kier molecular flexibility index (Phi) is 6.85. The number of fused-ring (bicyclic) bond motifs is 5. The minimum Gasteiger partial charge on any atom is -0.450 e. The van der Waals surface area contributed by atoms with Gasteiger partial charge in [0.15, 0.2) is 23.8 Å². The fourth-order valence-electron chi connectivity index (χ4n) is 8.33. The molecule has 3 fully saturated rings. The molecule has 3 saturated carbocycles. The molecule has 0 amide bonds. The predicted octanol–water partition coefficient (Wildman–Crippen LogP) is 5.30. The first-order valence-corrected chi connectivity index (χ1v) is 13.2. The summed E-state index contributed by atoms with van der Waals surface area (Å²) in [5, 5.41) is 11.4. The van der Waals surface area contributed by atoms with Gasteiger partial charge in [0.05, 0.1) is 6.10 Å². The van der Waals surface area contributed by atoms with E-state index in [1.165, 1.54) is 13.0 Å². The molecule has 0 aromatic heterocycles. The smallest absolute Gasteiger partial charge is 0.306 e. The van der Waals surface area contributed by atoms with Crippen molar-refractivity contribution in [3.05, 3.63) is 23.6 Å². The molecule has 1 N–H and O–H groups in total. The van der Waals surface area contributed by atoms with Gasteiger partial charge in [0, 0.05) is 29.1 Å². The van der Waals surface area contributed by atoms with Gasteiger partial charge in [-0.05, 0) is 56.6 Å². The van der Waals surface area contributed by atoms with Crippen LogP contribution in [0.15, 0.2) is 23.6 Å². The molecule has 4 aliphatic carbocycles. The lowest BCUT2D eigenvalue weighted by molar-refractivity contribution is -0.228. The SMILES string of the molecule is CCCCCC(=O)O[C@@]1(C(=O)CF)[C@H](C)C[C@H]2[C@@H]3CCC4=C(F)C(=O)C=C[C@]4(C)[C@@]3(F)[C@@H](O)C[C@@]21C. The Morgan fingerprint density at radius 2 is 1.92 bits per heavy atom. The third-order valence-electron chi connectivity index (χ3n) is 10.1. The topological polar surface area (TPSA) is 80.7 Å². The van der Waals surface area contributed by atoms with Gasteiger partial charge in [0.2, 0.25) is 11.6 Å². The average molecular weight is 511 g/mol. The Morgan fingerprint density at radius 1 is 1.22 bits per heavy atom. The number of hydrogen-bond donors (Lipinski definition) is 1. The van der Waals surface area contributed by atoms with Crippen LogP contribution < -0.4 is 0 Å². The number of aliphatic hydroxyl groups excluding tert-OH is 1. The average Bonchev–Trinajstić information content (AvgIpc) is 3.04. The van der Waals surface area contributed by atoms with Crippen LogP contribution in [0.3, 0.4) is 0 Å². The van der Waals surface area contributed by atoms with Crippen molar-refractivity contribution in [3.8, 4) is 0 Å². The van der Waals surface area contributed by atoms with E-state index < -0.39 is 76.0 Å². The van der Waals surface area contributed by atoms with Gasteiger partial charge in [0.1, 0.15) is 0 Å². The molecule has 200 valence electrons. The van der Waals surface area contributed by atoms with Crippen LogP contribution in [-0.2, 0) is 19.1 Å². The summed E-state index contributed by atoms with van der Waals surface area (Å²) in [5.41, 5.74) is -6.82. The van der Waals surface area contributed by atoms with E-state index in [4.69, 9.17) is 4.74 Å². The Bertz CT molecular complexity index is 1020. The van der Waals surface area contributed by atoms with Crippen molar-refractivity contribution in [3.63, 3.8) is 0 Å². The van der Waals surface area contributed by atoms with Gasteiger partial charge in [-0.25, -0.2) is 13.2 Å². The van der Waals surface area contributed by atoms with Crippen molar-refractivity contribution >= 4 is 17.5 Å². The largest absolute Gasteiger partial charge is 0.450 e. The molecule has 8 atom stereocenters. The molecule has 5 nitrogen and oxygen atoms in total. The van der Waals surface area contributed by atoms with Gasteiger partial charge in [0.25, 0.3) is 0 Å². The number of carbonyl (C=O) groups excluding carboxylic acids is 3. The van der Waals surface area contributed by atoms with Crippen molar-refractivity contribution in [1.29, 1.82) is 0 Å². The number of ketones is 2. The Hall–Kier alpha value is -1.96. The molecule has 4 rings (SSSR count). The molecule has 0 aromatic rings. The fraction of sp³-hybridized carbons (Fsp3) is 0.750. The summed E-state index contributed by atoms with van der Waals surface area (Å²) in [6, 6.07) is 0. The van der Waals surface area contributed by atoms with Gasteiger partial charge in [-0.2, -0.15) is 0 Å². The van der Waals surface area contributed by atoms with E-state index in [1.54, 1.807) is 13.8 Å². The maximum atomic E-state index is 17.3. The molecule has 36 heavy (non-hydrogen) atoms. The number of halogens is 3. The summed E-state index contributed by atoms with van der Waals surface area (Å²) < 4.78 is 52.1. The van der Waals surface area contributed by atoms with Crippen molar-refractivity contribution in [2.45, 2.75) is 96.4 Å². The molecule has 0 aliphatic heterocycles. The number of esters is 1. The van der Waals surface area contributed by atoms with Gasteiger partial charge >= 0.3 is 5.97 Å². The van der Waals surface area contributed by atoms with E-state index in [2.05, 4.69) is 0 Å². The number of alkyl halides is 2. The summed E-state index contributed by atoms with van der Waals surface area (Å²) in [5.74, 6) is -5.16. The van der Waals surface area contributed by atoms with Crippen LogP contribution in [0.25, 0.3) is 0 Å². The van der Waals surface area contributed by atoms with Crippen LogP contribution in [-0.4, -0.2) is 46.7 Å². The molecule has 0 unspecified atom stereocenters. The molecular formula is C28H37F3O5.